The van der Waals surface area contributed by atoms with Crippen LogP contribution in [0.2, 0.25) is 5.02 Å². The molecule has 4 heteroatoms. The van der Waals surface area contributed by atoms with Crippen molar-refractivity contribution in [2.24, 2.45) is 0 Å². The molecule has 0 fully saturated rings. The van der Waals surface area contributed by atoms with Crippen LogP contribution < -0.4 is 5.56 Å². The van der Waals surface area contributed by atoms with Crippen LogP contribution in [0.1, 0.15) is 0 Å². The Morgan fingerprint density at radius 2 is 2.00 bits per heavy atom. The molecule has 1 aromatic carbocycles. The number of fused-ring (bicyclic) bond motifs is 3. The molecule has 15 heavy (non-hydrogen) atoms. The monoisotopic (exact) mass is 218 g/mol. The molecular weight excluding hydrogens is 212 g/mol. The van der Waals surface area contributed by atoms with Crippen molar-refractivity contribution in [3.8, 4) is 0 Å². The van der Waals surface area contributed by atoms with Gasteiger partial charge in [-0.25, -0.2) is 0 Å². The second-order valence-corrected chi connectivity index (χ2v) is 3.85. The Balaban J connectivity index is 2.63. The Bertz CT molecular complexity index is 711. The molecule has 0 radical (unpaired) electrons. The first-order chi connectivity index (χ1) is 7.25. The van der Waals surface area contributed by atoms with Gasteiger partial charge in [-0.05, 0) is 18.2 Å². The van der Waals surface area contributed by atoms with Crippen LogP contribution in [0.3, 0.4) is 0 Å². The molecule has 0 aliphatic carbocycles. The van der Waals surface area contributed by atoms with E-state index in [0.717, 1.165) is 16.3 Å². The van der Waals surface area contributed by atoms with Crippen molar-refractivity contribution in [1.29, 1.82) is 0 Å². The fraction of sp³-hybridized carbons (Fsp3) is 0. The molecule has 0 atom stereocenters. The highest BCUT2D eigenvalue weighted by atomic mass is 35.5. The van der Waals surface area contributed by atoms with Gasteiger partial charge in [0.25, 0.3) is 5.56 Å². The van der Waals surface area contributed by atoms with Gasteiger partial charge < -0.3 is 9.97 Å². The summed E-state index contributed by atoms with van der Waals surface area (Å²) in [6.45, 7) is 0. The number of aromatic nitrogens is 2. The minimum atomic E-state index is -0.111. The van der Waals surface area contributed by atoms with Gasteiger partial charge in [0, 0.05) is 27.5 Å². The maximum absolute atomic E-state index is 11.5. The molecule has 2 aromatic heterocycles. The van der Waals surface area contributed by atoms with E-state index in [1.165, 1.54) is 0 Å². The fourth-order valence-electron chi connectivity index (χ4n) is 1.82. The number of pyridine rings is 1. The third-order valence-corrected chi connectivity index (χ3v) is 2.73. The molecule has 0 unspecified atom stereocenters. The fourth-order valence-corrected chi connectivity index (χ4v) is 1.99. The van der Waals surface area contributed by atoms with Crippen molar-refractivity contribution in [3.05, 3.63) is 45.8 Å². The summed E-state index contributed by atoms with van der Waals surface area (Å²) in [4.78, 5) is 17.2. The molecule has 0 bridgehead atoms. The average Bonchev–Trinajstić information content (AvgIpc) is 2.57. The molecule has 0 spiro atoms. The first-order valence-corrected chi connectivity index (χ1v) is 4.92. The molecule has 2 N–H and O–H groups in total. The van der Waals surface area contributed by atoms with Gasteiger partial charge in [0.15, 0.2) is 0 Å². The van der Waals surface area contributed by atoms with Gasteiger partial charge in [-0.3, -0.25) is 4.79 Å². The summed E-state index contributed by atoms with van der Waals surface area (Å²) >= 11 is 5.88. The highest BCUT2D eigenvalue weighted by Crippen LogP contribution is 2.25. The molecule has 0 aliphatic heterocycles. The van der Waals surface area contributed by atoms with E-state index >= 15 is 0 Å². The molecule has 3 aromatic rings. The quantitative estimate of drug-likeness (QED) is 0.599. The lowest BCUT2D eigenvalue weighted by Crippen LogP contribution is -2.03. The van der Waals surface area contributed by atoms with Crippen LogP contribution in [0, 0.1) is 0 Å². The number of rotatable bonds is 0. The molecule has 2 heterocycles. The van der Waals surface area contributed by atoms with Crippen molar-refractivity contribution in [2.75, 3.05) is 0 Å². The number of hydrogen-bond donors (Lipinski definition) is 2. The zero-order valence-corrected chi connectivity index (χ0v) is 8.43. The second kappa shape index (κ2) is 2.87. The van der Waals surface area contributed by atoms with Crippen LogP contribution >= 0.6 is 11.6 Å². The van der Waals surface area contributed by atoms with Gasteiger partial charge in [0.1, 0.15) is 5.52 Å². The minimum absolute atomic E-state index is 0.111. The lowest BCUT2D eigenvalue weighted by molar-refractivity contribution is 1.26. The van der Waals surface area contributed by atoms with Crippen LogP contribution in [-0.2, 0) is 0 Å². The summed E-state index contributed by atoms with van der Waals surface area (Å²) < 4.78 is 0. The van der Waals surface area contributed by atoms with Gasteiger partial charge in [0.2, 0.25) is 0 Å². The smallest absolute Gasteiger partial charge is 0.272 e. The van der Waals surface area contributed by atoms with E-state index in [0.29, 0.717) is 10.5 Å². The Morgan fingerprint density at radius 1 is 1.13 bits per heavy atom. The Labute approximate surface area is 89.7 Å². The zero-order valence-electron chi connectivity index (χ0n) is 7.67. The van der Waals surface area contributed by atoms with E-state index < -0.39 is 0 Å². The number of hydrogen-bond acceptors (Lipinski definition) is 1. The van der Waals surface area contributed by atoms with E-state index in [-0.39, 0.29) is 5.56 Å². The molecule has 0 aliphatic rings. The summed E-state index contributed by atoms with van der Waals surface area (Å²) in [5, 5.41) is 2.59. The minimum Gasteiger partial charge on any atom is -0.350 e. The van der Waals surface area contributed by atoms with Crippen LogP contribution in [0.5, 0.6) is 0 Å². The molecule has 3 nitrogen and oxygen atoms in total. The van der Waals surface area contributed by atoms with Crippen LogP contribution in [-0.4, -0.2) is 9.97 Å². The summed E-state index contributed by atoms with van der Waals surface area (Å²) in [5.74, 6) is 0. The summed E-state index contributed by atoms with van der Waals surface area (Å²) in [5.41, 5.74) is 1.36. The van der Waals surface area contributed by atoms with E-state index in [1.807, 2.05) is 24.3 Å². The Kier molecular flexibility index (Phi) is 1.64. The van der Waals surface area contributed by atoms with Crippen molar-refractivity contribution in [2.45, 2.75) is 0 Å². The van der Waals surface area contributed by atoms with Gasteiger partial charge in [-0.1, -0.05) is 17.7 Å². The van der Waals surface area contributed by atoms with Gasteiger partial charge in [0.05, 0.1) is 0 Å². The van der Waals surface area contributed by atoms with Crippen LogP contribution in [0.15, 0.2) is 35.3 Å². The standard InChI is InChI=1S/C11H7ClN2O/c12-6-1-2-7-8-3-4-13-11(15)10(8)14-9(7)5-6/h1-5,14H,(H,13,15). The predicted molar refractivity (Wildman–Crippen MR) is 61.4 cm³/mol. The van der Waals surface area contributed by atoms with E-state index in [4.69, 9.17) is 11.6 Å². The van der Waals surface area contributed by atoms with Gasteiger partial charge in [-0.15, -0.1) is 0 Å². The lowest BCUT2D eigenvalue weighted by atomic mass is 10.2. The number of benzene rings is 1. The highest BCUT2D eigenvalue weighted by Gasteiger charge is 2.06. The Morgan fingerprint density at radius 3 is 2.87 bits per heavy atom. The maximum atomic E-state index is 11.5. The average molecular weight is 219 g/mol. The SMILES string of the molecule is O=c1[nH]ccc2c1[nH]c1cc(Cl)ccc12. The first-order valence-electron chi connectivity index (χ1n) is 4.54. The normalized spacial score (nSPS) is 11.3. The van der Waals surface area contributed by atoms with Crippen LogP contribution in [0.25, 0.3) is 21.8 Å². The number of halogens is 1. The molecule has 0 amide bonds. The molecule has 0 saturated carbocycles. The summed E-state index contributed by atoms with van der Waals surface area (Å²) in [6, 6.07) is 7.42. The number of H-pyrrole nitrogens is 2. The van der Waals surface area contributed by atoms with E-state index in [1.54, 1.807) is 6.20 Å². The zero-order chi connectivity index (χ0) is 10.4. The van der Waals surface area contributed by atoms with Crippen LogP contribution in [0.4, 0.5) is 0 Å². The topological polar surface area (TPSA) is 48.6 Å². The predicted octanol–water partition coefficient (Wildman–Crippen LogP) is 2.66. The third kappa shape index (κ3) is 1.17. The lowest BCUT2D eigenvalue weighted by Gasteiger charge is -1.90. The largest absolute Gasteiger partial charge is 0.350 e. The molecular formula is C11H7ClN2O. The van der Waals surface area contributed by atoms with Crippen molar-refractivity contribution in [1.82, 2.24) is 9.97 Å². The Hall–Kier alpha value is -1.74. The van der Waals surface area contributed by atoms with Gasteiger partial charge in [-0.2, -0.15) is 0 Å². The van der Waals surface area contributed by atoms with Gasteiger partial charge >= 0.3 is 0 Å². The van der Waals surface area contributed by atoms with E-state index in [2.05, 4.69) is 9.97 Å². The maximum Gasteiger partial charge on any atom is 0.272 e. The summed E-state index contributed by atoms with van der Waals surface area (Å²) in [7, 11) is 0. The molecule has 3 rings (SSSR count). The van der Waals surface area contributed by atoms with Crippen molar-refractivity contribution >= 4 is 33.4 Å². The number of nitrogens with one attached hydrogen (secondary N) is 2. The van der Waals surface area contributed by atoms with Crippen molar-refractivity contribution in [3.63, 3.8) is 0 Å². The molecule has 74 valence electrons. The summed E-state index contributed by atoms with van der Waals surface area (Å²) in [6.07, 6.45) is 1.65. The van der Waals surface area contributed by atoms with E-state index in [9.17, 15) is 4.79 Å². The third-order valence-electron chi connectivity index (χ3n) is 2.49. The van der Waals surface area contributed by atoms with Crippen molar-refractivity contribution < 1.29 is 0 Å². The second-order valence-electron chi connectivity index (χ2n) is 3.41. The highest BCUT2D eigenvalue weighted by molar-refractivity contribution is 6.31. The number of aromatic amines is 2. The first kappa shape index (κ1) is 8.56. The molecule has 0 saturated heterocycles.